The molecule has 0 bridgehead atoms. The Kier molecular flexibility index (Phi) is 5.98. The van der Waals surface area contributed by atoms with E-state index >= 15 is 0 Å². The topological polar surface area (TPSA) is 71.3 Å². The summed E-state index contributed by atoms with van der Waals surface area (Å²) in [6, 6.07) is 7.38. The maximum absolute atomic E-state index is 12.1. The van der Waals surface area contributed by atoms with Crippen LogP contribution in [0.2, 0.25) is 5.02 Å². The van der Waals surface area contributed by atoms with Gasteiger partial charge < -0.3 is 14.6 Å². The van der Waals surface area contributed by atoms with Crippen molar-refractivity contribution in [2.75, 3.05) is 24.2 Å². The number of nitrogens with one attached hydrogen (secondary N) is 1. The van der Waals surface area contributed by atoms with Gasteiger partial charge in [-0.1, -0.05) is 23.4 Å². The van der Waals surface area contributed by atoms with Crippen molar-refractivity contribution in [1.82, 2.24) is 15.1 Å². The van der Waals surface area contributed by atoms with E-state index in [0.29, 0.717) is 28.4 Å². The summed E-state index contributed by atoms with van der Waals surface area (Å²) in [5.74, 6) is 0.961. The molecule has 8 heteroatoms. The molecule has 0 radical (unpaired) electrons. The van der Waals surface area contributed by atoms with Gasteiger partial charge in [0.2, 0.25) is 11.8 Å². The molecular formula is C16H19ClN4O2S. The van der Waals surface area contributed by atoms with Crippen molar-refractivity contribution in [3.63, 3.8) is 0 Å². The first-order valence-corrected chi connectivity index (χ1v) is 9.29. The Hall–Kier alpha value is -1.73. The highest BCUT2D eigenvalue weighted by Gasteiger charge is 2.17. The maximum Gasteiger partial charge on any atom is 0.277 e. The largest absolute Gasteiger partial charge is 0.414 e. The Morgan fingerprint density at radius 3 is 2.71 bits per heavy atom. The normalized spacial score (nSPS) is 14.6. The Bertz CT molecular complexity index is 671. The van der Waals surface area contributed by atoms with Crippen molar-refractivity contribution >= 4 is 35.0 Å². The summed E-state index contributed by atoms with van der Waals surface area (Å²) in [6.07, 6.45) is 3.40. The lowest BCUT2D eigenvalue weighted by Gasteiger charge is -2.26. The van der Waals surface area contributed by atoms with E-state index < -0.39 is 0 Å². The van der Waals surface area contributed by atoms with Gasteiger partial charge in [-0.25, -0.2) is 0 Å². The number of carbonyl (C=O) groups excluding carboxylic acids is 1. The Labute approximate surface area is 150 Å². The average Bonchev–Trinajstić information content (AvgIpc) is 3.08. The Morgan fingerprint density at radius 2 is 1.96 bits per heavy atom. The van der Waals surface area contributed by atoms with Gasteiger partial charge in [-0.3, -0.25) is 4.79 Å². The van der Waals surface area contributed by atoms with Crippen LogP contribution in [-0.2, 0) is 11.3 Å². The van der Waals surface area contributed by atoms with E-state index in [1.807, 2.05) is 29.2 Å². The van der Waals surface area contributed by atoms with Crippen molar-refractivity contribution in [1.29, 1.82) is 0 Å². The first-order chi connectivity index (χ1) is 11.7. The standard InChI is InChI=1S/C16H19ClN4O2S/c17-12-4-6-13(7-5-12)18-10-14-19-20-16(23-14)24-11-15(22)21-8-2-1-3-9-21/h4-7,18H,1-3,8-11H2. The quantitative estimate of drug-likeness (QED) is 0.789. The third-order valence-electron chi connectivity index (χ3n) is 3.76. The number of anilines is 1. The SMILES string of the molecule is O=C(CSc1nnc(CNc2ccc(Cl)cc2)o1)N1CCCCC1. The minimum Gasteiger partial charge on any atom is -0.414 e. The summed E-state index contributed by atoms with van der Waals surface area (Å²) < 4.78 is 5.55. The zero-order chi connectivity index (χ0) is 16.8. The third kappa shape index (κ3) is 4.88. The number of piperidine rings is 1. The van der Waals surface area contributed by atoms with Gasteiger partial charge in [0.05, 0.1) is 12.3 Å². The van der Waals surface area contributed by atoms with Crippen LogP contribution in [0.25, 0.3) is 0 Å². The molecular weight excluding hydrogens is 348 g/mol. The molecule has 1 fully saturated rings. The molecule has 0 spiro atoms. The first-order valence-electron chi connectivity index (χ1n) is 7.93. The van der Waals surface area contributed by atoms with Crippen LogP contribution in [0.5, 0.6) is 0 Å². The van der Waals surface area contributed by atoms with Crippen molar-refractivity contribution in [2.45, 2.75) is 31.0 Å². The molecule has 0 atom stereocenters. The Morgan fingerprint density at radius 1 is 1.21 bits per heavy atom. The number of rotatable bonds is 6. The molecule has 0 aliphatic carbocycles. The summed E-state index contributed by atoms with van der Waals surface area (Å²) in [7, 11) is 0. The van der Waals surface area contributed by atoms with Crippen LogP contribution in [0.4, 0.5) is 5.69 Å². The van der Waals surface area contributed by atoms with Crippen LogP contribution in [0.1, 0.15) is 25.2 Å². The van der Waals surface area contributed by atoms with E-state index in [4.69, 9.17) is 16.0 Å². The molecule has 1 aromatic heterocycles. The zero-order valence-corrected chi connectivity index (χ0v) is 14.8. The molecule has 2 aromatic rings. The fourth-order valence-corrected chi connectivity index (χ4v) is 3.28. The van der Waals surface area contributed by atoms with Gasteiger partial charge in [0.25, 0.3) is 5.22 Å². The Balaban J connectivity index is 1.44. The molecule has 128 valence electrons. The second-order valence-electron chi connectivity index (χ2n) is 5.55. The number of aromatic nitrogens is 2. The highest BCUT2D eigenvalue weighted by atomic mass is 35.5. The minimum absolute atomic E-state index is 0.138. The summed E-state index contributed by atoms with van der Waals surface area (Å²) >= 11 is 7.14. The van der Waals surface area contributed by atoms with Crippen LogP contribution >= 0.6 is 23.4 Å². The van der Waals surface area contributed by atoms with Crippen LogP contribution in [0, 0.1) is 0 Å². The molecule has 0 saturated carbocycles. The van der Waals surface area contributed by atoms with Crippen molar-refractivity contribution in [3.05, 3.63) is 35.2 Å². The van der Waals surface area contributed by atoms with E-state index in [1.54, 1.807) is 0 Å². The number of amides is 1. The molecule has 2 heterocycles. The van der Waals surface area contributed by atoms with Crippen LogP contribution in [-0.4, -0.2) is 39.8 Å². The summed E-state index contributed by atoms with van der Waals surface area (Å²) in [5.41, 5.74) is 0.923. The lowest BCUT2D eigenvalue weighted by atomic mass is 10.1. The predicted molar refractivity (Wildman–Crippen MR) is 94.2 cm³/mol. The molecule has 1 aliphatic heterocycles. The van der Waals surface area contributed by atoms with Crippen molar-refractivity contribution in [3.8, 4) is 0 Å². The lowest BCUT2D eigenvalue weighted by molar-refractivity contribution is -0.129. The highest BCUT2D eigenvalue weighted by Crippen LogP contribution is 2.19. The molecule has 1 aromatic carbocycles. The summed E-state index contributed by atoms with van der Waals surface area (Å²) in [4.78, 5) is 14.0. The number of likely N-dealkylation sites (tertiary alicyclic amines) is 1. The van der Waals surface area contributed by atoms with E-state index in [9.17, 15) is 4.79 Å². The molecule has 1 aliphatic rings. The second-order valence-corrected chi connectivity index (χ2v) is 6.92. The monoisotopic (exact) mass is 366 g/mol. The third-order valence-corrected chi connectivity index (χ3v) is 4.82. The fraction of sp³-hybridized carbons (Fsp3) is 0.438. The molecule has 0 unspecified atom stereocenters. The van der Waals surface area contributed by atoms with Gasteiger partial charge in [0, 0.05) is 23.8 Å². The number of benzene rings is 1. The van der Waals surface area contributed by atoms with Crippen molar-refractivity contribution in [2.24, 2.45) is 0 Å². The average molecular weight is 367 g/mol. The zero-order valence-electron chi connectivity index (χ0n) is 13.2. The van der Waals surface area contributed by atoms with Gasteiger partial charge in [0.1, 0.15) is 0 Å². The van der Waals surface area contributed by atoms with Gasteiger partial charge >= 0.3 is 0 Å². The summed E-state index contributed by atoms with van der Waals surface area (Å²) in [5, 5.41) is 12.3. The smallest absolute Gasteiger partial charge is 0.277 e. The minimum atomic E-state index is 0.138. The number of carbonyl (C=O) groups is 1. The highest BCUT2D eigenvalue weighted by molar-refractivity contribution is 7.99. The van der Waals surface area contributed by atoms with Gasteiger partial charge in [-0.15, -0.1) is 10.2 Å². The van der Waals surface area contributed by atoms with E-state index in [0.717, 1.165) is 31.6 Å². The van der Waals surface area contributed by atoms with E-state index in [-0.39, 0.29) is 5.91 Å². The molecule has 3 rings (SSSR count). The molecule has 24 heavy (non-hydrogen) atoms. The molecule has 1 saturated heterocycles. The number of nitrogens with zero attached hydrogens (tertiary/aromatic N) is 3. The molecule has 6 nitrogen and oxygen atoms in total. The van der Waals surface area contributed by atoms with Crippen molar-refractivity contribution < 1.29 is 9.21 Å². The van der Waals surface area contributed by atoms with E-state index in [1.165, 1.54) is 18.2 Å². The number of hydrogen-bond donors (Lipinski definition) is 1. The van der Waals surface area contributed by atoms with Crippen LogP contribution in [0.3, 0.4) is 0 Å². The fourth-order valence-electron chi connectivity index (χ4n) is 2.47. The second kappa shape index (κ2) is 8.39. The van der Waals surface area contributed by atoms with Crippen LogP contribution in [0.15, 0.2) is 33.9 Å². The number of halogens is 1. The first kappa shape index (κ1) is 17.1. The number of hydrogen-bond acceptors (Lipinski definition) is 6. The molecule has 1 N–H and O–H groups in total. The van der Waals surface area contributed by atoms with Crippen LogP contribution < -0.4 is 5.32 Å². The van der Waals surface area contributed by atoms with Gasteiger partial charge in [-0.2, -0.15) is 0 Å². The van der Waals surface area contributed by atoms with Gasteiger partial charge in [-0.05, 0) is 43.5 Å². The predicted octanol–water partition coefficient (Wildman–Crippen LogP) is 3.44. The van der Waals surface area contributed by atoms with E-state index in [2.05, 4.69) is 15.5 Å². The van der Waals surface area contributed by atoms with Gasteiger partial charge in [0.15, 0.2) is 0 Å². The molecule has 1 amide bonds. The summed E-state index contributed by atoms with van der Waals surface area (Å²) in [6.45, 7) is 2.15. The number of thioether (sulfide) groups is 1. The maximum atomic E-state index is 12.1. The lowest BCUT2D eigenvalue weighted by Crippen LogP contribution is -2.36.